The van der Waals surface area contributed by atoms with Crippen LogP contribution in [0.15, 0.2) is 52.9 Å². The first-order chi connectivity index (χ1) is 19.2. The number of hydrogen-bond donors (Lipinski definition) is 0. The molecule has 1 unspecified atom stereocenters. The summed E-state index contributed by atoms with van der Waals surface area (Å²) in [6.07, 6.45) is 3.66. The van der Waals surface area contributed by atoms with Crippen LogP contribution in [0.25, 0.3) is 17.2 Å². The fourth-order valence-corrected chi connectivity index (χ4v) is 7.49. The lowest BCUT2D eigenvalue weighted by Gasteiger charge is -2.15. The molecule has 12 heteroatoms. The number of phosphoric acid groups is 1. The Morgan fingerprint density at radius 1 is 1.00 bits per heavy atom. The van der Waals surface area contributed by atoms with Gasteiger partial charge in [0.05, 0.1) is 26.2 Å². The van der Waals surface area contributed by atoms with Crippen LogP contribution in [0.2, 0.25) is 0 Å². The van der Waals surface area contributed by atoms with Crippen LogP contribution in [-0.4, -0.2) is 54.7 Å². The molecule has 0 aromatic heterocycles. The van der Waals surface area contributed by atoms with Gasteiger partial charge in [0.15, 0.2) is 4.90 Å². The summed E-state index contributed by atoms with van der Waals surface area (Å²) in [6.45, 7) is 6.26. The number of rotatable bonds is 16. The van der Waals surface area contributed by atoms with E-state index >= 15 is 0 Å². The van der Waals surface area contributed by atoms with E-state index in [4.69, 9.17) is 18.3 Å². The summed E-state index contributed by atoms with van der Waals surface area (Å²) in [5, 5.41) is 0. The van der Waals surface area contributed by atoms with Crippen LogP contribution in [0.5, 0.6) is 0 Å². The molecule has 40 heavy (non-hydrogen) atoms. The first-order valence-electron chi connectivity index (χ1n) is 12.8. The number of carbonyl (C=O) groups is 1. The van der Waals surface area contributed by atoms with Crippen molar-refractivity contribution >= 4 is 63.8 Å². The predicted octanol–water partition coefficient (Wildman–Crippen LogP) is 7.40. The fraction of sp³-hybridized carbons (Fsp3) is 0.393. The molecule has 2 aromatic carbocycles. The third kappa shape index (κ3) is 9.49. The maximum atomic E-state index is 14.2. The number of hydrogen-bond acceptors (Lipinski definition) is 9. The third-order valence-corrected chi connectivity index (χ3v) is 10.7. The fourth-order valence-electron chi connectivity index (χ4n) is 4.02. The van der Waals surface area contributed by atoms with E-state index in [0.717, 1.165) is 32.7 Å². The van der Waals surface area contributed by atoms with Crippen LogP contribution in [-0.2, 0) is 38.8 Å². The van der Waals surface area contributed by atoms with E-state index in [-0.39, 0.29) is 44.6 Å². The number of phosphoric ester groups is 1. The Bertz CT molecular complexity index is 1260. The summed E-state index contributed by atoms with van der Waals surface area (Å²) in [7, 11) is -0.493. The molecule has 0 amide bonds. The zero-order chi connectivity index (χ0) is 29.1. The molecule has 1 atom stereocenters. The average Bonchev–Trinajstić information content (AvgIpc) is 3.15. The molecule has 0 fully saturated rings. The summed E-state index contributed by atoms with van der Waals surface area (Å²) in [5.74, 6) is 0.372. The number of benzene rings is 2. The van der Waals surface area contributed by atoms with E-state index in [0.29, 0.717) is 17.1 Å². The highest BCUT2D eigenvalue weighted by Crippen LogP contribution is 2.49. The predicted molar refractivity (Wildman–Crippen MR) is 163 cm³/mol. The van der Waals surface area contributed by atoms with Crippen molar-refractivity contribution in [2.75, 3.05) is 44.2 Å². The van der Waals surface area contributed by atoms with Crippen molar-refractivity contribution in [2.24, 2.45) is 0 Å². The van der Waals surface area contributed by atoms with Gasteiger partial charge in [0, 0.05) is 11.5 Å². The second-order valence-corrected chi connectivity index (χ2v) is 14.3. The number of ether oxygens (including phenoxy) is 1. The summed E-state index contributed by atoms with van der Waals surface area (Å²) >= 11 is -1.06. The molecule has 0 N–H and O–H groups in total. The maximum absolute atomic E-state index is 14.2. The standard InChI is InChI=1S/C28H34FO7PS3/c1-5-34-37(31,35-6-2)36-14-16-39-38-15-13-33-28(30)19-26-20(3)25(24-12-9-22(29)18-27(24)26)17-21-7-10-23(11-8-21)40(4)32/h7-12,17-18H,5-6,13-16,19H2,1-4H3/b25-17-. The summed E-state index contributed by atoms with van der Waals surface area (Å²) in [5.41, 5.74) is 5.01. The third-order valence-electron chi connectivity index (χ3n) is 5.80. The van der Waals surface area contributed by atoms with E-state index in [1.54, 1.807) is 26.2 Å². The minimum atomic E-state index is -3.51. The first kappa shape index (κ1) is 32.9. The van der Waals surface area contributed by atoms with Gasteiger partial charge in [-0.2, -0.15) is 0 Å². The summed E-state index contributed by atoms with van der Waals surface area (Å²) in [4.78, 5) is 13.4. The number of fused-ring (bicyclic) bond motifs is 1. The SMILES string of the molecule is CCOP(=O)(OCC)OCCSSCCOC(=O)CC1=C(C)/C(=C/c2ccc([S+](C)[O-])cc2)c2ccc(F)cc21. The van der Waals surface area contributed by atoms with E-state index in [9.17, 15) is 18.3 Å². The Labute approximate surface area is 246 Å². The molecule has 1 aliphatic rings. The molecule has 2 aromatic rings. The zero-order valence-corrected chi connectivity index (χ0v) is 26.3. The molecule has 1 aliphatic carbocycles. The van der Waals surface area contributed by atoms with Crippen molar-refractivity contribution in [1.82, 2.24) is 0 Å². The Morgan fingerprint density at radius 2 is 1.65 bits per heavy atom. The lowest BCUT2D eigenvalue weighted by atomic mass is 10.0. The van der Waals surface area contributed by atoms with Gasteiger partial charge < -0.3 is 9.29 Å². The molecule has 0 bridgehead atoms. The molecule has 0 aliphatic heterocycles. The van der Waals surface area contributed by atoms with Crippen LogP contribution >= 0.6 is 29.4 Å². The zero-order valence-electron chi connectivity index (χ0n) is 23.0. The van der Waals surface area contributed by atoms with Gasteiger partial charge >= 0.3 is 13.8 Å². The molecular weight excluding hydrogens is 594 g/mol. The lowest BCUT2D eigenvalue weighted by molar-refractivity contribution is -0.141. The summed E-state index contributed by atoms with van der Waals surface area (Å²) in [6, 6.07) is 12.0. The van der Waals surface area contributed by atoms with E-state index in [1.807, 2.05) is 37.3 Å². The van der Waals surface area contributed by atoms with Crippen LogP contribution in [0, 0.1) is 5.82 Å². The van der Waals surface area contributed by atoms with Crippen molar-refractivity contribution < 1.29 is 36.6 Å². The van der Waals surface area contributed by atoms with Crippen molar-refractivity contribution in [3.05, 3.63) is 70.5 Å². The molecule has 0 saturated heterocycles. The van der Waals surface area contributed by atoms with Gasteiger partial charge in [0.1, 0.15) is 18.7 Å². The van der Waals surface area contributed by atoms with Gasteiger partial charge in [-0.3, -0.25) is 18.4 Å². The van der Waals surface area contributed by atoms with Gasteiger partial charge in [-0.15, -0.1) is 0 Å². The average molecular weight is 629 g/mol. The van der Waals surface area contributed by atoms with Gasteiger partial charge in [-0.1, -0.05) is 27.7 Å². The second-order valence-electron chi connectivity index (χ2n) is 8.53. The number of halogens is 1. The largest absolute Gasteiger partial charge is 0.612 e. The molecule has 0 saturated carbocycles. The minimum absolute atomic E-state index is 0.0309. The highest BCUT2D eigenvalue weighted by Gasteiger charge is 2.27. The van der Waals surface area contributed by atoms with Gasteiger partial charge in [-0.25, -0.2) is 8.96 Å². The molecule has 3 rings (SSSR count). The Balaban J connectivity index is 1.53. The monoisotopic (exact) mass is 628 g/mol. The molecular formula is C28H34FO7PS3. The maximum Gasteiger partial charge on any atom is 0.474 e. The summed E-state index contributed by atoms with van der Waals surface area (Å²) < 4.78 is 59.0. The van der Waals surface area contributed by atoms with Crippen LogP contribution in [0.3, 0.4) is 0 Å². The number of allylic oxidation sites excluding steroid dienone is 2. The Morgan fingerprint density at radius 3 is 2.27 bits per heavy atom. The van der Waals surface area contributed by atoms with Gasteiger partial charge in [0.25, 0.3) is 0 Å². The highest BCUT2D eigenvalue weighted by atomic mass is 33.1. The topological polar surface area (TPSA) is 94.1 Å². The molecule has 0 heterocycles. The van der Waals surface area contributed by atoms with Crippen molar-refractivity contribution in [3.63, 3.8) is 0 Å². The second kappa shape index (κ2) is 16.2. The van der Waals surface area contributed by atoms with E-state index in [1.165, 1.54) is 33.7 Å². The van der Waals surface area contributed by atoms with Crippen molar-refractivity contribution in [2.45, 2.75) is 32.1 Å². The minimum Gasteiger partial charge on any atom is -0.612 e. The molecule has 218 valence electrons. The smallest absolute Gasteiger partial charge is 0.474 e. The van der Waals surface area contributed by atoms with Crippen molar-refractivity contribution in [1.29, 1.82) is 0 Å². The molecule has 0 spiro atoms. The van der Waals surface area contributed by atoms with Crippen LogP contribution in [0.1, 0.15) is 43.9 Å². The van der Waals surface area contributed by atoms with Gasteiger partial charge in [-0.05, 0) is 108 Å². The van der Waals surface area contributed by atoms with E-state index in [2.05, 4.69) is 0 Å². The Kier molecular flexibility index (Phi) is 13.3. The first-order valence-corrected chi connectivity index (χ1v) is 18.3. The number of carbonyl (C=O) groups excluding carboxylic acids is 1. The molecule has 0 radical (unpaired) electrons. The quantitative estimate of drug-likeness (QED) is 0.0620. The Hall–Kier alpha value is -1.56. The van der Waals surface area contributed by atoms with Gasteiger partial charge in [0.2, 0.25) is 0 Å². The van der Waals surface area contributed by atoms with E-state index < -0.39 is 19.0 Å². The lowest BCUT2D eigenvalue weighted by Crippen LogP contribution is -2.08. The van der Waals surface area contributed by atoms with Crippen LogP contribution < -0.4 is 0 Å². The molecule has 7 nitrogen and oxygen atoms in total. The highest BCUT2D eigenvalue weighted by molar-refractivity contribution is 8.76. The van der Waals surface area contributed by atoms with Crippen LogP contribution in [0.4, 0.5) is 4.39 Å². The van der Waals surface area contributed by atoms with Crippen molar-refractivity contribution in [3.8, 4) is 0 Å². The number of esters is 1. The normalized spacial score (nSPS) is 15.0.